The fourth-order valence-corrected chi connectivity index (χ4v) is 4.57. The summed E-state index contributed by atoms with van der Waals surface area (Å²) in [6.07, 6.45) is 1.87. The molecule has 0 radical (unpaired) electrons. The van der Waals surface area contributed by atoms with Crippen molar-refractivity contribution in [1.82, 2.24) is 25.1 Å². The van der Waals surface area contributed by atoms with Crippen LogP contribution in [0, 0.1) is 0 Å². The molecule has 1 aliphatic rings. The molecule has 1 aromatic heterocycles. The van der Waals surface area contributed by atoms with Crippen LogP contribution in [0.25, 0.3) is 0 Å². The predicted molar refractivity (Wildman–Crippen MR) is 121 cm³/mol. The van der Waals surface area contributed by atoms with Crippen LogP contribution in [-0.2, 0) is 0 Å². The normalized spacial score (nSPS) is 19.3. The molecule has 2 aromatic carbocycles. The molecular formula is C22H27N6S+. The molecule has 3 aromatic rings. The fraction of sp³-hybridized carbons (Fsp3) is 0.273. The predicted octanol–water partition coefficient (Wildman–Crippen LogP) is 4.22. The monoisotopic (exact) mass is 407 g/mol. The van der Waals surface area contributed by atoms with Gasteiger partial charge < -0.3 is 4.90 Å². The molecule has 0 spiro atoms. The van der Waals surface area contributed by atoms with Crippen LogP contribution < -0.4 is 10.1 Å². The van der Waals surface area contributed by atoms with Crippen LogP contribution in [0.2, 0.25) is 0 Å². The van der Waals surface area contributed by atoms with Crippen molar-refractivity contribution in [3.8, 4) is 0 Å². The Labute approximate surface area is 176 Å². The van der Waals surface area contributed by atoms with E-state index in [0.717, 1.165) is 48.4 Å². The summed E-state index contributed by atoms with van der Waals surface area (Å²) in [5.41, 5.74) is 5.50. The number of aromatic nitrogens is 1. The van der Waals surface area contributed by atoms with Gasteiger partial charge in [0.1, 0.15) is 0 Å². The number of para-hydroxylation sites is 1. The van der Waals surface area contributed by atoms with Crippen LogP contribution in [0.5, 0.6) is 0 Å². The molecule has 0 fully saturated rings. The van der Waals surface area contributed by atoms with E-state index in [1.165, 1.54) is 0 Å². The lowest BCUT2D eigenvalue weighted by Gasteiger charge is -2.36. The average Bonchev–Trinajstić information content (AvgIpc) is 3.44. The van der Waals surface area contributed by atoms with E-state index < -0.39 is 0 Å². The van der Waals surface area contributed by atoms with Crippen LogP contribution in [0.3, 0.4) is 0 Å². The summed E-state index contributed by atoms with van der Waals surface area (Å²) in [6.45, 7) is 8.20. The van der Waals surface area contributed by atoms with Crippen molar-refractivity contribution in [2.45, 2.75) is 13.8 Å². The first kappa shape index (κ1) is 19.7. The topological polar surface area (TPSA) is 43.8 Å². The van der Waals surface area contributed by atoms with Gasteiger partial charge in [-0.1, -0.05) is 66.2 Å². The van der Waals surface area contributed by atoms with Gasteiger partial charge >= 0.3 is 5.13 Å². The number of rotatable bonds is 8. The van der Waals surface area contributed by atoms with Crippen LogP contribution >= 0.6 is 11.3 Å². The third-order valence-corrected chi connectivity index (χ3v) is 6.16. The second-order valence-electron chi connectivity index (χ2n) is 6.84. The van der Waals surface area contributed by atoms with Crippen molar-refractivity contribution in [2.24, 2.45) is 5.10 Å². The highest BCUT2D eigenvalue weighted by Crippen LogP contribution is 2.41. The maximum absolute atomic E-state index is 4.82. The number of quaternary nitrogens is 1. The Morgan fingerprint density at radius 2 is 1.69 bits per heavy atom. The highest BCUT2D eigenvalue weighted by molar-refractivity contribution is 7.13. The Kier molecular flexibility index (Phi) is 6.01. The number of hydrazine groups is 1. The molecule has 1 unspecified atom stereocenters. The van der Waals surface area contributed by atoms with Gasteiger partial charge in [-0.25, -0.2) is 0 Å². The highest BCUT2D eigenvalue weighted by Gasteiger charge is 2.53. The van der Waals surface area contributed by atoms with E-state index >= 15 is 0 Å². The van der Waals surface area contributed by atoms with E-state index in [-0.39, 0.29) is 0 Å². The van der Waals surface area contributed by atoms with E-state index in [2.05, 4.69) is 77.9 Å². The van der Waals surface area contributed by atoms with E-state index in [1.54, 1.807) is 11.3 Å². The molecule has 1 aliphatic heterocycles. The Bertz CT molecular complexity index is 924. The minimum absolute atomic E-state index is 0.337. The Hall–Kier alpha value is -2.58. The van der Waals surface area contributed by atoms with Gasteiger partial charge in [0, 0.05) is 30.3 Å². The summed E-state index contributed by atoms with van der Waals surface area (Å²) >= 11 is 1.65. The zero-order valence-corrected chi connectivity index (χ0v) is 17.7. The molecule has 0 amide bonds. The largest absolute Gasteiger partial charge is 0.319 e. The number of hydrogen-bond donors (Lipinski definition) is 1. The van der Waals surface area contributed by atoms with Crippen LogP contribution in [0.15, 0.2) is 77.3 Å². The lowest BCUT2D eigenvalue weighted by atomic mass is 10.1. The number of hydrazone groups is 1. The minimum Gasteiger partial charge on any atom is -0.302 e. The van der Waals surface area contributed by atoms with Crippen molar-refractivity contribution in [3.05, 3.63) is 77.8 Å². The molecule has 1 N–H and O–H groups in total. The number of nitrogens with one attached hydrogen (secondary N) is 1. The Morgan fingerprint density at radius 3 is 2.31 bits per heavy atom. The maximum Gasteiger partial charge on any atom is 0.319 e. The molecule has 7 heteroatoms. The molecular weight excluding hydrogens is 380 g/mol. The lowest BCUT2D eigenvalue weighted by molar-refractivity contribution is 0.0526. The molecule has 1 atom stereocenters. The maximum atomic E-state index is 4.82. The summed E-state index contributed by atoms with van der Waals surface area (Å²) in [5, 5.41) is 10.00. The Morgan fingerprint density at radius 1 is 1.00 bits per heavy atom. The molecule has 0 bridgehead atoms. The van der Waals surface area contributed by atoms with Crippen molar-refractivity contribution < 1.29 is 0 Å². The number of amidine groups is 1. The molecule has 0 saturated heterocycles. The molecule has 6 nitrogen and oxygen atoms in total. The van der Waals surface area contributed by atoms with Crippen molar-refractivity contribution in [2.75, 3.05) is 26.2 Å². The minimum atomic E-state index is 0.337. The van der Waals surface area contributed by atoms with Gasteiger partial charge in [-0.15, -0.1) is 5.10 Å². The van der Waals surface area contributed by atoms with E-state index in [4.69, 9.17) is 10.1 Å². The number of likely N-dealkylation sites (N-methyl/N-ethyl adjacent to an activating group) is 1. The first-order chi connectivity index (χ1) is 14.3. The number of thiazole rings is 1. The van der Waals surface area contributed by atoms with E-state index in [0.29, 0.717) is 4.59 Å². The standard InChI is InChI=1S/C22H27N6S/c1-3-26(4-2)16-17-27-25-24-21(19-11-7-5-8-12-19)28(27,22-23-15-18-29-22)20-13-9-6-10-14-20/h5-15,18,25H,3-4,16-17H2,1-2H3/q+1. The molecule has 29 heavy (non-hydrogen) atoms. The first-order valence-corrected chi connectivity index (χ1v) is 10.9. The zero-order chi connectivity index (χ0) is 20.1. The van der Waals surface area contributed by atoms with Crippen LogP contribution in [0.1, 0.15) is 19.4 Å². The third kappa shape index (κ3) is 3.58. The van der Waals surface area contributed by atoms with E-state index in [9.17, 15) is 0 Å². The number of nitrogens with zero attached hydrogens (tertiary/aromatic N) is 5. The van der Waals surface area contributed by atoms with Crippen LogP contribution in [0.4, 0.5) is 10.8 Å². The summed E-state index contributed by atoms with van der Waals surface area (Å²) in [4.78, 5) is 7.18. The second kappa shape index (κ2) is 8.84. The van der Waals surface area contributed by atoms with Gasteiger partial charge in [-0.3, -0.25) is 0 Å². The van der Waals surface area contributed by atoms with Gasteiger partial charge in [0.25, 0.3) is 5.84 Å². The first-order valence-electron chi connectivity index (χ1n) is 10.0. The average molecular weight is 408 g/mol. The molecule has 4 rings (SSSR count). The SMILES string of the molecule is CCN(CC)CCN1NN=C(c2ccccc2)[N+]1(c1ccccc1)c1nccs1. The molecule has 0 saturated carbocycles. The van der Waals surface area contributed by atoms with Gasteiger partial charge in [0.05, 0.1) is 12.1 Å². The van der Waals surface area contributed by atoms with Crippen molar-refractivity contribution in [3.63, 3.8) is 0 Å². The quantitative estimate of drug-likeness (QED) is 0.568. The summed E-state index contributed by atoms with van der Waals surface area (Å²) in [7, 11) is 0. The van der Waals surface area contributed by atoms with Gasteiger partial charge in [0.15, 0.2) is 5.69 Å². The number of benzene rings is 2. The van der Waals surface area contributed by atoms with Gasteiger partial charge in [-0.2, -0.15) is 10.5 Å². The van der Waals surface area contributed by atoms with Gasteiger partial charge in [0.2, 0.25) is 0 Å². The third-order valence-electron chi connectivity index (χ3n) is 5.32. The molecule has 0 aliphatic carbocycles. The number of hydrogen-bond acceptors (Lipinski definition) is 6. The van der Waals surface area contributed by atoms with Crippen molar-refractivity contribution in [1.29, 1.82) is 0 Å². The summed E-state index contributed by atoms with van der Waals surface area (Å²) in [5.74, 6) is 0.922. The smallest absolute Gasteiger partial charge is 0.302 e. The second-order valence-corrected chi connectivity index (χ2v) is 7.71. The lowest BCUT2D eigenvalue weighted by Crippen LogP contribution is -2.62. The zero-order valence-electron chi connectivity index (χ0n) is 16.9. The summed E-state index contributed by atoms with van der Waals surface area (Å²) < 4.78 is 0.337. The molecule has 150 valence electrons. The van der Waals surface area contributed by atoms with Crippen molar-refractivity contribution >= 4 is 28.0 Å². The highest BCUT2D eigenvalue weighted by atomic mass is 32.1. The van der Waals surface area contributed by atoms with E-state index in [1.807, 2.05) is 23.7 Å². The summed E-state index contributed by atoms with van der Waals surface area (Å²) in [6, 6.07) is 20.9. The van der Waals surface area contributed by atoms with Crippen LogP contribution in [-0.4, -0.2) is 47.0 Å². The van der Waals surface area contributed by atoms with Gasteiger partial charge in [-0.05, 0) is 30.3 Å². The molecule has 2 heterocycles. The Balaban J connectivity index is 1.85. The fourth-order valence-electron chi connectivity index (χ4n) is 3.76.